The van der Waals surface area contributed by atoms with E-state index in [1.165, 1.54) is 11.8 Å². The smallest absolute Gasteiger partial charge is 0.230 e. The molecule has 7 nitrogen and oxygen atoms in total. The largest absolute Gasteiger partial charge is 0.497 e. The number of thioether (sulfide) groups is 1. The molecule has 1 N–H and O–H groups in total. The molecule has 0 saturated carbocycles. The average molecular weight is 466 g/mol. The molecule has 2 aromatic carbocycles. The summed E-state index contributed by atoms with van der Waals surface area (Å²) in [6.07, 6.45) is 3.41. The molecular formula is C23H20ClN5O2S. The van der Waals surface area contributed by atoms with E-state index in [0.717, 1.165) is 22.6 Å². The van der Waals surface area contributed by atoms with Crippen LogP contribution >= 0.6 is 23.4 Å². The van der Waals surface area contributed by atoms with Gasteiger partial charge >= 0.3 is 0 Å². The fourth-order valence-corrected chi connectivity index (χ4v) is 4.04. The third kappa shape index (κ3) is 5.27. The van der Waals surface area contributed by atoms with Crippen LogP contribution in [0, 0.1) is 0 Å². The lowest BCUT2D eigenvalue weighted by atomic mass is 10.2. The molecule has 2 aromatic heterocycles. The summed E-state index contributed by atoms with van der Waals surface area (Å²) in [4.78, 5) is 16.5. The van der Waals surface area contributed by atoms with Crippen LogP contribution in [0.15, 0.2) is 78.2 Å². The van der Waals surface area contributed by atoms with Gasteiger partial charge in [0.15, 0.2) is 11.0 Å². The van der Waals surface area contributed by atoms with Gasteiger partial charge in [-0.25, -0.2) is 0 Å². The van der Waals surface area contributed by atoms with Gasteiger partial charge in [-0.05, 0) is 54.1 Å². The summed E-state index contributed by atoms with van der Waals surface area (Å²) in [5.41, 5.74) is 2.68. The van der Waals surface area contributed by atoms with Crippen molar-refractivity contribution in [1.82, 2.24) is 25.1 Å². The number of amides is 1. The second-order valence-corrected chi connectivity index (χ2v) is 8.15. The van der Waals surface area contributed by atoms with Crippen LogP contribution in [0.1, 0.15) is 5.56 Å². The predicted molar refractivity (Wildman–Crippen MR) is 125 cm³/mol. The number of halogens is 1. The van der Waals surface area contributed by atoms with E-state index in [-0.39, 0.29) is 11.7 Å². The number of hydrogen-bond donors (Lipinski definition) is 1. The van der Waals surface area contributed by atoms with E-state index in [1.54, 1.807) is 25.6 Å². The minimum Gasteiger partial charge on any atom is -0.497 e. The molecule has 162 valence electrons. The van der Waals surface area contributed by atoms with E-state index < -0.39 is 0 Å². The summed E-state index contributed by atoms with van der Waals surface area (Å²) in [5.74, 6) is 1.51. The molecule has 4 rings (SSSR count). The maximum atomic E-state index is 12.4. The fourth-order valence-electron chi connectivity index (χ4n) is 3.04. The van der Waals surface area contributed by atoms with Crippen molar-refractivity contribution in [2.75, 3.05) is 12.9 Å². The fraction of sp³-hybridized carbons (Fsp3) is 0.130. The highest BCUT2D eigenvalue weighted by Gasteiger charge is 2.17. The van der Waals surface area contributed by atoms with Crippen molar-refractivity contribution >= 4 is 29.3 Å². The molecule has 4 aromatic rings. The van der Waals surface area contributed by atoms with Gasteiger partial charge in [-0.1, -0.05) is 35.5 Å². The van der Waals surface area contributed by atoms with Crippen LogP contribution in [0.2, 0.25) is 5.02 Å². The number of nitrogens with zero attached hydrogens (tertiary/aromatic N) is 4. The van der Waals surface area contributed by atoms with Crippen molar-refractivity contribution in [3.8, 4) is 22.8 Å². The number of aromatic nitrogens is 4. The number of rotatable bonds is 8. The summed E-state index contributed by atoms with van der Waals surface area (Å²) >= 11 is 7.32. The van der Waals surface area contributed by atoms with E-state index in [2.05, 4.69) is 20.5 Å². The van der Waals surface area contributed by atoms with Crippen LogP contribution in [0.25, 0.3) is 17.1 Å². The standard InChI is InChI=1S/C23H20ClN5O2S/c1-31-20-7-5-19(6-8-20)29-22(17-9-11-25-12-10-17)27-28-23(29)32-15-21(30)26-14-16-3-2-4-18(24)13-16/h2-13H,14-15H2,1H3,(H,26,30). The number of benzene rings is 2. The third-order valence-corrected chi connectivity index (χ3v) is 5.78. The second kappa shape index (κ2) is 10.3. The Balaban J connectivity index is 1.52. The number of ether oxygens (including phenoxy) is 1. The zero-order chi connectivity index (χ0) is 22.3. The molecule has 0 aliphatic carbocycles. The first-order chi connectivity index (χ1) is 15.6. The van der Waals surface area contributed by atoms with Crippen LogP contribution in [-0.4, -0.2) is 38.5 Å². The predicted octanol–water partition coefficient (Wildman–Crippen LogP) is 4.40. The molecule has 0 aliphatic heterocycles. The SMILES string of the molecule is COc1ccc(-n2c(SCC(=O)NCc3cccc(Cl)c3)nnc2-c2ccncc2)cc1. The lowest BCUT2D eigenvalue weighted by Crippen LogP contribution is -2.24. The molecule has 0 spiro atoms. The molecule has 0 bridgehead atoms. The van der Waals surface area contributed by atoms with Crippen LogP contribution in [0.4, 0.5) is 0 Å². The number of hydrogen-bond acceptors (Lipinski definition) is 6. The minimum atomic E-state index is -0.107. The van der Waals surface area contributed by atoms with Crippen molar-refractivity contribution in [1.29, 1.82) is 0 Å². The molecule has 1 amide bonds. The Hall–Kier alpha value is -3.36. The van der Waals surface area contributed by atoms with Gasteiger partial charge in [0.05, 0.1) is 12.9 Å². The number of carbonyl (C=O) groups excluding carboxylic acids is 1. The highest BCUT2D eigenvalue weighted by Crippen LogP contribution is 2.28. The van der Waals surface area contributed by atoms with Crippen molar-refractivity contribution in [2.45, 2.75) is 11.7 Å². The normalized spacial score (nSPS) is 10.7. The van der Waals surface area contributed by atoms with Crippen molar-refractivity contribution in [2.24, 2.45) is 0 Å². The minimum absolute atomic E-state index is 0.107. The zero-order valence-corrected chi connectivity index (χ0v) is 18.8. The van der Waals surface area contributed by atoms with Crippen molar-refractivity contribution in [3.63, 3.8) is 0 Å². The van der Waals surface area contributed by atoms with E-state index in [4.69, 9.17) is 16.3 Å². The summed E-state index contributed by atoms with van der Waals surface area (Å²) < 4.78 is 7.19. The highest BCUT2D eigenvalue weighted by atomic mass is 35.5. The lowest BCUT2D eigenvalue weighted by molar-refractivity contribution is -0.118. The number of methoxy groups -OCH3 is 1. The lowest BCUT2D eigenvalue weighted by Gasteiger charge is -2.11. The number of carbonyl (C=O) groups is 1. The molecule has 0 fully saturated rings. The topological polar surface area (TPSA) is 81.9 Å². The Bertz CT molecular complexity index is 1200. The molecule has 2 heterocycles. The van der Waals surface area contributed by atoms with Gasteiger partial charge < -0.3 is 10.1 Å². The quantitative estimate of drug-likeness (QED) is 0.388. The average Bonchev–Trinajstić information content (AvgIpc) is 3.26. The first-order valence-electron chi connectivity index (χ1n) is 9.78. The van der Waals surface area contributed by atoms with Crippen LogP contribution < -0.4 is 10.1 Å². The van der Waals surface area contributed by atoms with Gasteiger partial charge in [-0.2, -0.15) is 0 Å². The Morgan fingerprint density at radius 2 is 1.88 bits per heavy atom. The Morgan fingerprint density at radius 1 is 1.09 bits per heavy atom. The number of nitrogens with one attached hydrogen (secondary N) is 1. The summed E-state index contributed by atoms with van der Waals surface area (Å²) in [6.45, 7) is 0.410. The van der Waals surface area contributed by atoms with E-state index >= 15 is 0 Å². The first kappa shape index (κ1) is 21.9. The van der Waals surface area contributed by atoms with Crippen LogP contribution in [-0.2, 0) is 11.3 Å². The van der Waals surface area contributed by atoms with E-state index in [1.807, 2.05) is 59.2 Å². The molecule has 0 radical (unpaired) electrons. The van der Waals surface area contributed by atoms with E-state index in [0.29, 0.717) is 22.5 Å². The van der Waals surface area contributed by atoms with Gasteiger partial charge in [0, 0.05) is 35.2 Å². The van der Waals surface area contributed by atoms with Crippen molar-refractivity contribution < 1.29 is 9.53 Å². The molecule has 32 heavy (non-hydrogen) atoms. The molecular weight excluding hydrogens is 446 g/mol. The van der Waals surface area contributed by atoms with Crippen LogP contribution in [0.5, 0.6) is 5.75 Å². The van der Waals surface area contributed by atoms with Gasteiger partial charge in [-0.3, -0.25) is 14.3 Å². The molecule has 0 atom stereocenters. The van der Waals surface area contributed by atoms with Crippen LogP contribution in [0.3, 0.4) is 0 Å². The molecule has 0 unspecified atom stereocenters. The molecule has 0 saturated heterocycles. The summed E-state index contributed by atoms with van der Waals surface area (Å²) in [6, 6.07) is 18.7. The molecule has 9 heteroatoms. The first-order valence-corrected chi connectivity index (χ1v) is 11.1. The number of pyridine rings is 1. The van der Waals surface area contributed by atoms with Gasteiger partial charge in [0.1, 0.15) is 5.75 Å². The summed E-state index contributed by atoms with van der Waals surface area (Å²) in [5, 5.41) is 12.9. The van der Waals surface area contributed by atoms with Gasteiger partial charge in [0.25, 0.3) is 0 Å². The Labute approximate surface area is 194 Å². The Morgan fingerprint density at radius 3 is 2.59 bits per heavy atom. The monoisotopic (exact) mass is 465 g/mol. The maximum Gasteiger partial charge on any atom is 0.230 e. The molecule has 0 aliphatic rings. The maximum absolute atomic E-state index is 12.4. The van der Waals surface area contributed by atoms with E-state index in [9.17, 15) is 4.79 Å². The third-order valence-electron chi connectivity index (χ3n) is 4.61. The van der Waals surface area contributed by atoms with Crippen molar-refractivity contribution in [3.05, 3.63) is 83.6 Å². The zero-order valence-electron chi connectivity index (χ0n) is 17.2. The van der Waals surface area contributed by atoms with Gasteiger partial charge in [0.2, 0.25) is 5.91 Å². The second-order valence-electron chi connectivity index (χ2n) is 6.77. The highest BCUT2D eigenvalue weighted by molar-refractivity contribution is 7.99. The Kier molecular flexibility index (Phi) is 7.03. The summed E-state index contributed by atoms with van der Waals surface area (Å²) in [7, 11) is 1.62. The van der Waals surface area contributed by atoms with Gasteiger partial charge in [-0.15, -0.1) is 10.2 Å².